The molecule has 17 heavy (non-hydrogen) atoms. The number of likely N-dealkylation sites (N-methyl/N-ethyl adjacent to an activating group) is 1. The molecule has 0 N–H and O–H groups in total. The summed E-state index contributed by atoms with van der Waals surface area (Å²) in [5, 5.41) is 2.66. The van der Waals surface area contributed by atoms with E-state index < -0.39 is 0 Å². The minimum Gasteiger partial charge on any atom is -0.297 e. The zero-order valence-corrected chi connectivity index (χ0v) is 11.4. The van der Waals surface area contributed by atoms with E-state index in [0.29, 0.717) is 0 Å². The molecule has 0 aliphatic rings. The summed E-state index contributed by atoms with van der Waals surface area (Å²) < 4.78 is 0. The molecule has 0 unspecified atom stereocenters. The van der Waals surface area contributed by atoms with Gasteiger partial charge in [-0.2, -0.15) is 12.6 Å². The van der Waals surface area contributed by atoms with Crippen molar-refractivity contribution in [3.05, 3.63) is 47.5 Å². The second-order valence-corrected chi connectivity index (χ2v) is 4.94. The number of aryl methyl sites for hydroxylation is 1. The van der Waals surface area contributed by atoms with Crippen LogP contribution in [0.1, 0.15) is 11.1 Å². The lowest BCUT2D eigenvalue weighted by molar-refractivity contribution is 0.399. The van der Waals surface area contributed by atoms with Crippen LogP contribution in [-0.4, -0.2) is 24.4 Å². The molecule has 0 spiro atoms. The quantitative estimate of drug-likeness (QED) is 0.637. The van der Waals surface area contributed by atoms with Crippen molar-refractivity contribution in [2.24, 2.45) is 0 Å². The highest BCUT2D eigenvalue weighted by Crippen LogP contribution is 2.18. The van der Waals surface area contributed by atoms with E-state index in [2.05, 4.69) is 67.9 Å². The van der Waals surface area contributed by atoms with Crippen molar-refractivity contribution in [3.63, 3.8) is 0 Å². The van der Waals surface area contributed by atoms with Crippen molar-refractivity contribution in [1.29, 1.82) is 0 Å². The van der Waals surface area contributed by atoms with Crippen molar-refractivity contribution in [3.8, 4) is 0 Å². The van der Waals surface area contributed by atoms with Crippen molar-refractivity contribution in [1.82, 2.24) is 4.90 Å². The van der Waals surface area contributed by atoms with Gasteiger partial charge in [0.2, 0.25) is 0 Å². The number of fused-ring (bicyclic) bond motifs is 1. The van der Waals surface area contributed by atoms with E-state index in [0.717, 1.165) is 18.8 Å². The zero-order valence-electron chi connectivity index (χ0n) is 10.5. The Bertz CT molecular complexity index is 507. The molecule has 1 nitrogen and oxygen atoms in total. The van der Waals surface area contributed by atoms with Gasteiger partial charge >= 0.3 is 0 Å². The molecule has 2 rings (SSSR count). The molecule has 0 heterocycles. The second-order valence-electron chi connectivity index (χ2n) is 4.66. The topological polar surface area (TPSA) is 3.24 Å². The summed E-state index contributed by atoms with van der Waals surface area (Å²) in [6, 6.07) is 13.4. The Morgan fingerprint density at radius 1 is 1.06 bits per heavy atom. The van der Waals surface area contributed by atoms with Crippen molar-refractivity contribution >= 4 is 23.4 Å². The largest absolute Gasteiger partial charge is 0.297 e. The predicted octanol–water partition coefficient (Wildman–Crippen LogP) is 3.51. The highest BCUT2D eigenvalue weighted by Gasteiger charge is 1.99. The van der Waals surface area contributed by atoms with Gasteiger partial charge in [0.25, 0.3) is 0 Å². The molecular weight excluding hydrogens is 226 g/mol. The minimum absolute atomic E-state index is 0.812. The Labute approximate surface area is 109 Å². The third kappa shape index (κ3) is 3.24. The molecule has 90 valence electrons. The summed E-state index contributed by atoms with van der Waals surface area (Å²) in [6.45, 7) is 3.19. The molecule has 0 amide bonds. The van der Waals surface area contributed by atoms with E-state index in [-0.39, 0.29) is 0 Å². The first-order valence-corrected chi connectivity index (χ1v) is 6.61. The van der Waals surface area contributed by atoms with Crippen LogP contribution in [0.25, 0.3) is 10.8 Å². The lowest BCUT2D eigenvalue weighted by Crippen LogP contribution is -2.19. The van der Waals surface area contributed by atoms with Gasteiger partial charge in [-0.05, 0) is 36.7 Å². The summed E-state index contributed by atoms with van der Waals surface area (Å²) in [5.74, 6) is 0.812. The fraction of sp³-hybridized carbons (Fsp3) is 0.333. The number of nitrogens with zero attached hydrogens (tertiary/aromatic N) is 1. The first kappa shape index (κ1) is 12.5. The first-order chi connectivity index (χ1) is 8.19. The molecule has 0 aliphatic carbocycles. The van der Waals surface area contributed by atoms with E-state index in [9.17, 15) is 0 Å². The van der Waals surface area contributed by atoms with Gasteiger partial charge in [0.1, 0.15) is 0 Å². The van der Waals surface area contributed by atoms with E-state index >= 15 is 0 Å². The summed E-state index contributed by atoms with van der Waals surface area (Å²) in [5.41, 5.74) is 2.72. The standard InChI is InChI=1S/C15H19NS/c1-12-3-5-15-10-13(4-6-14(15)9-12)7-8-16(2)11-17/h3-6,9-10,17H,7-8,11H2,1-2H3. The average Bonchev–Trinajstić information content (AvgIpc) is 2.35. The SMILES string of the molecule is Cc1ccc2cc(CCN(C)CS)ccc2c1. The number of hydrogen-bond donors (Lipinski definition) is 1. The zero-order chi connectivity index (χ0) is 12.3. The maximum Gasteiger partial charge on any atom is 0.0411 e. The fourth-order valence-corrected chi connectivity index (χ4v) is 2.10. The lowest BCUT2D eigenvalue weighted by Gasteiger charge is -2.13. The van der Waals surface area contributed by atoms with Crippen LogP contribution in [-0.2, 0) is 6.42 Å². The summed E-state index contributed by atoms with van der Waals surface area (Å²) in [4.78, 5) is 2.21. The van der Waals surface area contributed by atoms with Gasteiger partial charge in [-0.15, -0.1) is 0 Å². The molecule has 0 aromatic heterocycles. The van der Waals surface area contributed by atoms with Gasteiger partial charge in [-0.25, -0.2) is 0 Å². The molecule has 0 saturated carbocycles. The molecule has 0 atom stereocenters. The van der Waals surface area contributed by atoms with Gasteiger partial charge in [-0.3, -0.25) is 4.90 Å². The number of rotatable bonds is 4. The molecule has 0 fully saturated rings. The first-order valence-electron chi connectivity index (χ1n) is 5.98. The average molecular weight is 245 g/mol. The lowest BCUT2D eigenvalue weighted by atomic mass is 10.0. The highest BCUT2D eigenvalue weighted by molar-refractivity contribution is 7.80. The molecule has 0 aliphatic heterocycles. The van der Waals surface area contributed by atoms with E-state index in [1.165, 1.54) is 21.9 Å². The molecule has 2 heteroatoms. The Morgan fingerprint density at radius 3 is 2.53 bits per heavy atom. The smallest absolute Gasteiger partial charge is 0.0411 e. The predicted molar refractivity (Wildman–Crippen MR) is 78.9 cm³/mol. The van der Waals surface area contributed by atoms with Crippen molar-refractivity contribution in [2.45, 2.75) is 13.3 Å². The van der Waals surface area contributed by atoms with Gasteiger partial charge in [0.05, 0.1) is 0 Å². The van der Waals surface area contributed by atoms with Gasteiger partial charge in [0, 0.05) is 12.4 Å². The Morgan fingerprint density at radius 2 is 1.76 bits per heavy atom. The normalized spacial score (nSPS) is 11.3. The van der Waals surface area contributed by atoms with Crippen LogP contribution in [0.3, 0.4) is 0 Å². The van der Waals surface area contributed by atoms with Crippen LogP contribution in [0.15, 0.2) is 36.4 Å². The highest BCUT2D eigenvalue weighted by atomic mass is 32.1. The van der Waals surface area contributed by atoms with Crippen LogP contribution in [0, 0.1) is 6.92 Å². The molecule has 0 saturated heterocycles. The van der Waals surface area contributed by atoms with Crippen LogP contribution in [0.4, 0.5) is 0 Å². The molecular formula is C15H19NS. The molecule has 2 aromatic rings. The Balaban J connectivity index is 2.17. The van der Waals surface area contributed by atoms with Crippen molar-refractivity contribution < 1.29 is 0 Å². The van der Waals surface area contributed by atoms with Crippen molar-refractivity contribution in [2.75, 3.05) is 19.5 Å². The monoisotopic (exact) mass is 245 g/mol. The number of benzene rings is 2. The Hall–Kier alpha value is -0.990. The minimum atomic E-state index is 0.812. The molecule has 2 aromatic carbocycles. The number of hydrogen-bond acceptors (Lipinski definition) is 2. The molecule has 0 bridgehead atoms. The summed E-state index contributed by atoms with van der Waals surface area (Å²) in [7, 11) is 2.09. The van der Waals surface area contributed by atoms with Gasteiger partial charge in [0.15, 0.2) is 0 Å². The fourth-order valence-electron chi connectivity index (χ4n) is 1.96. The summed E-state index contributed by atoms with van der Waals surface area (Å²) in [6.07, 6.45) is 1.08. The maximum atomic E-state index is 4.26. The second kappa shape index (κ2) is 5.56. The van der Waals surface area contributed by atoms with Gasteiger partial charge < -0.3 is 0 Å². The van der Waals surface area contributed by atoms with Crippen LogP contribution < -0.4 is 0 Å². The van der Waals surface area contributed by atoms with Gasteiger partial charge in [-0.1, -0.05) is 42.0 Å². The maximum absolute atomic E-state index is 4.26. The van der Waals surface area contributed by atoms with Crippen LogP contribution in [0.5, 0.6) is 0 Å². The van der Waals surface area contributed by atoms with Crippen LogP contribution in [0.2, 0.25) is 0 Å². The third-order valence-electron chi connectivity index (χ3n) is 3.08. The molecule has 0 radical (unpaired) electrons. The van der Waals surface area contributed by atoms with Crippen LogP contribution >= 0.6 is 12.6 Å². The Kier molecular flexibility index (Phi) is 4.08. The third-order valence-corrected chi connectivity index (χ3v) is 3.57. The summed E-state index contributed by atoms with van der Waals surface area (Å²) >= 11 is 4.26. The number of thiol groups is 1. The van der Waals surface area contributed by atoms with E-state index in [1.807, 2.05) is 0 Å². The van der Waals surface area contributed by atoms with E-state index in [4.69, 9.17) is 0 Å². The van der Waals surface area contributed by atoms with E-state index in [1.54, 1.807) is 0 Å².